The van der Waals surface area contributed by atoms with Crippen LogP contribution in [0.2, 0.25) is 0 Å². The van der Waals surface area contributed by atoms with Crippen molar-refractivity contribution in [3.8, 4) is 0 Å². The highest BCUT2D eigenvalue weighted by atomic mass is 14.9. The maximum absolute atomic E-state index is 3.90. The molecule has 17 heavy (non-hydrogen) atoms. The quantitative estimate of drug-likeness (QED) is 0.706. The highest BCUT2D eigenvalue weighted by Crippen LogP contribution is 2.16. The lowest BCUT2D eigenvalue weighted by atomic mass is 9.89. The van der Waals surface area contributed by atoms with Crippen molar-refractivity contribution in [1.82, 2.24) is 5.32 Å². The van der Waals surface area contributed by atoms with Gasteiger partial charge in [0.05, 0.1) is 0 Å². The molecule has 0 fully saturated rings. The summed E-state index contributed by atoms with van der Waals surface area (Å²) in [6, 6.07) is 10.7. The first-order valence-corrected chi connectivity index (χ1v) is 6.48. The second-order valence-corrected chi connectivity index (χ2v) is 5.23. The van der Waals surface area contributed by atoms with Crippen molar-refractivity contribution in [2.24, 2.45) is 11.8 Å². The lowest BCUT2D eigenvalue weighted by Gasteiger charge is -2.20. The van der Waals surface area contributed by atoms with Crippen LogP contribution in [0.3, 0.4) is 0 Å². The SMILES string of the molecule is C=C(C)CNCC(C)C(C)Cc1ccccc1. The summed E-state index contributed by atoms with van der Waals surface area (Å²) in [6.45, 7) is 12.6. The molecular weight excluding hydrogens is 206 g/mol. The number of rotatable bonds is 7. The van der Waals surface area contributed by atoms with Crippen molar-refractivity contribution in [3.63, 3.8) is 0 Å². The van der Waals surface area contributed by atoms with Crippen molar-refractivity contribution in [1.29, 1.82) is 0 Å². The van der Waals surface area contributed by atoms with E-state index in [2.05, 4.69) is 63.0 Å². The maximum Gasteiger partial charge on any atom is 0.0159 e. The van der Waals surface area contributed by atoms with Gasteiger partial charge in [-0.1, -0.05) is 56.3 Å². The van der Waals surface area contributed by atoms with Gasteiger partial charge >= 0.3 is 0 Å². The first-order valence-electron chi connectivity index (χ1n) is 6.48. The molecule has 0 heterocycles. The fourth-order valence-electron chi connectivity index (χ4n) is 1.90. The van der Waals surface area contributed by atoms with Gasteiger partial charge in [0.1, 0.15) is 0 Å². The molecule has 0 bridgehead atoms. The molecule has 1 rings (SSSR count). The molecule has 2 atom stereocenters. The molecule has 1 aromatic carbocycles. The van der Waals surface area contributed by atoms with Gasteiger partial charge in [-0.15, -0.1) is 0 Å². The Hall–Kier alpha value is -1.08. The van der Waals surface area contributed by atoms with Crippen LogP contribution in [0.1, 0.15) is 26.3 Å². The van der Waals surface area contributed by atoms with Crippen LogP contribution in [0, 0.1) is 11.8 Å². The van der Waals surface area contributed by atoms with Gasteiger partial charge in [-0.3, -0.25) is 0 Å². The van der Waals surface area contributed by atoms with Crippen LogP contribution >= 0.6 is 0 Å². The van der Waals surface area contributed by atoms with Gasteiger partial charge in [0.2, 0.25) is 0 Å². The molecule has 94 valence electrons. The summed E-state index contributed by atoms with van der Waals surface area (Å²) in [5.41, 5.74) is 2.64. The molecule has 0 saturated carbocycles. The van der Waals surface area contributed by atoms with Crippen LogP contribution in [0.5, 0.6) is 0 Å². The Kier molecular flexibility index (Phi) is 5.99. The van der Waals surface area contributed by atoms with E-state index < -0.39 is 0 Å². The van der Waals surface area contributed by atoms with Crippen molar-refractivity contribution in [2.45, 2.75) is 27.2 Å². The number of nitrogens with one attached hydrogen (secondary N) is 1. The molecule has 0 spiro atoms. The standard InChI is InChI=1S/C16H25N/c1-13(2)11-17-12-15(4)14(3)10-16-8-6-5-7-9-16/h5-9,14-15,17H,1,10-12H2,2-4H3. The van der Waals surface area contributed by atoms with Gasteiger partial charge in [-0.05, 0) is 37.3 Å². The molecule has 0 aliphatic heterocycles. The zero-order chi connectivity index (χ0) is 12.7. The van der Waals surface area contributed by atoms with Crippen LogP contribution in [0.4, 0.5) is 0 Å². The third-order valence-corrected chi connectivity index (χ3v) is 3.26. The van der Waals surface area contributed by atoms with Gasteiger partial charge < -0.3 is 5.32 Å². The second kappa shape index (κ2) is 7.29. The first-order chi connectivity index (χ1) is 8.09. The number of benzene rings is 1. The second-order valence-electron chi connectivity index (χ2n) is 5.23. The molecule has 0 amide bonds. The third-order valence-electron chi connectivity index (χ3n) is 3.26. The lowest BCUT2D eigenvalue weighted by molar-refractivity contribution is 0.369. The van der Waals surface area contributed by atoms with E-state index in [1.807, 2.05) is 0 Å². The zero-order valence-corrected chi connectivity index (χ0v) is 11.4. The van der Waals surface area contributed by atoms with E-state index in [0.29, 0.717) is 11.8 Å². The van der Waals surface area contributed by atoms with E-state index in [1.165, 1.54) is 11.1 Å². The minimum atomic E-state index is 0.689. The fourth-order valence-corrected chi connectivity index (χ4v) is 1.90. The van der Waals surface area contributed by atoms with Crippen molar-refractivity contribution >= 4 is 0 Å². The average molecular weight is 231 g/mol. The number of hydrogen-bond donors (Lipinski definition) is 1. The minimum absolute atomic E-state index is 0.689. The van der Waals surface area contributed by atoms with E-state index in [9.17, 15) is 0 Å². The smallest absolute Gasteiger partial charge is 0.0159 e. The molecule has 0 radical (unpaired) electrons. The predicted molar refractivity (Wildman–Crippen MR) is 76.2 cm³/mol. The summed E-state index contributed by atoms with van der Waals surface area (Å²) >= 11 is 0. The van der Waals surface area contributed by atoms with E-state index in [0.717, 1.165) is 19.5 Å². The molecular formula is C16H25N. The minimum Gasteiger partial charge on any atom is -0.313 e. The summed E-state index contributed by atoms with van der Waals surface area (Å²) in [5.74, 6) is 1.39. The normalized spacial score (nSPS) is 14.3. The molecule has 0 aliphatic carbocycles. The monoisotopic (exact) mass is 231 g/mol. The Morgan fingerprint density at radius 1 is 1.18 bits per heavy atom. The molecule has 0 aromatic heterocycles. The van der Waals surface area contributed by atoms with Gasteiger partial charge in [0, 0.05) is 6.54 Å². The van der Waals surface area contributed by atoms with Crippen molar-refractivity contribution in [3.05, 3.63) is 48.0 Å². The van der Waals surface area contributed by atoms with Crippen LogP contribution in [0.15, 0.2) is 42.5 Å². The topological polar surface area (TPSA) is 12.0 Å². The summed E-state index contributed by atoms with van der Waals surface area (Å²) < 4.78 is 0. The Bertz CT molecular complexity index is 329. The van der Waals surface area contributed by atoms with Crippen LogP contribution < -0.4 is 5.32 Å². The Morgan fingerprint density at radius 2 is 1.82 bits per heavy atom. The average Bonchev–Trinajstić information content (AvgIpc) is 2.29. The first kappa shape index (κ1) is 14.0. The molecule has 1 N–H and O–H groups in total. The van der Waals surface area contributed by atoms with Crippen LogP contribution in [-0.2, 0) is 6.42 Å². The summed E-state index contributed by atoms with van der Waals surface area (Å²) in [6.07, 6.45) is 1.16. The van der Waals surface area contributed by atoms with Gasteiger partial charge in [-0.25, -0.2) is 0 Å². The lowest BCUT2D eigenvalue weighted by Crippen LogP contribution is -2.27. The zero-order valence-electron chi connectivity index (χ0n) is 11.4. The van der Waals surface area contributed by atoms with Crippen molar-refractivity contribution in [2.75, 3.05) is 13.1 Å². The summed E-state index contributed by atoms with van der Waals surface area (Å²) in [4.78, 5) is 0. The summed E-state index contributed by atoms with van der Waals surface area (Å²) in [5, 5.41) is 3.45. The highest BCUT2D eigenvalue weighted by molar-refractivity contribution is 5.15. The molecule has 2 unspecified atom stereocenters. The molecule has 0 saturated heterocycles. The van der Waals surface area contributed by atoms with Crippen molar-refractivity contribution < 1.29 is 0 Å². The van der Waals surface area contributed by atoms with E-state index in [1.54, 1.807) is 0 Å². The highest BCUT2D eigenvalue weighted by Gasteiger charge is 2.12. The van der Waals surface area contributed by atoms with Crippen LogP contribution in [-0.4, -0.2) is 13.1 Å². The number of hydrogen-bond acceptors (Lipinski definition) is 1. The third kappa shape index (κ3) is 5.69. The fraction of sp³-hybridized carbons (Fsp3) is 0.500. The largest absolute Gasteiger partial charge is 0.313 e. The predicted octanol–water partition coefficient (Wildman–Crippen LogP) is 3.67. The van der Waals surface area contributed by atoms with Gasteiger partial charge in [0.15, 0.2) is 0 Å². The molecule has 0 aliphatic rings. The Labute approximate surface area is 106 Å². The van der Waals surface area contributed by atoms with E-state index in [4.69, 9.17) is 0 Å². The van der Waals surface area contributed by atoms with Gasteiger partial charge in [-0.2, -0.15) is 0 Å². The maximum atomic E-state index is 3.90. The Balaban J connectivity index is 2.31. The molecule has 1 nitrogen and oxygen atoms in total. The molecule has 1 aromatic rings. The summed E-state index contributed by atoms with van der Waals surface area (Å²) in [7, 11) is 0. The van der Waals surface area contributed by atoms with E-state index >= 15 is 0 Å². The Morgan fingerprint density at radius 3 is 2.41 bits per heavy atom. The van der Waals surface area contributed by atoms with Crippen LogP contribution in [0.25, 0.3) is 0 Å². The van der Waals surface area contributed by atoms with E-state index in [-0.39, 0.29) is 0 Å². The molecule has 1 heteroatoms. The van der Waals surface area contributed by atoms with Gasteiger partial charge in [0.25, 0.3) is 0 Å².